The van der Waals surface area contributed by atoms with Crippen LogP contribution in [-0.4, -0.2) is 35.9 Å². The second-order valence-electron chi connectivity index (χ2n) is 6.99. The first-order valence-corrected chi connectivity index (χ1v) is 11.9. The zero-order valence-corrected chi connectivity index (χ0v) is 19.0. The minimum Gasteiger partial charge on any atom is -0.480 e. The summed E-state index contributed by atoms with van der Waals surface area (Å²) in [5, 5.41) is 0. The maximum absolute atomic E-state index is 14.1. The predicted molar refractivity (Wildman–Crippen MR) is 105 cm³/mol. The van der Waals surface area contributed by atoms with Crippen LogP contribution in [0.3, 0.4) is 0 Å². The lowest BCUT2D eigenvalue weighted by Crippen LogP contribution is -2.57. The molecule has 1 aromatic rings. The van der Waals surface area contributed by atoms with Crippen molar-refractivity contribution in [3.63, 3.8) is 0 Å². The summed E-state index contributed by atoms with van der Waals surface area (Å²) in [6.45, 7) is 2.14. The lowest BCUT2D eigenvalue weighted by Gasteiger charge is -2.32. The predicted octanol–water partition coefficient (Wildman–Crippen LogP) is 6.08. The van der Waals surface area contributed by atoms with Crippen LogP contribution in [0.1, 0.15) is 64.7 Å². The van der Waals surface area contributed by atoms with Crippen molar-refractivity contribution in [1.29, 1.82) is 0 Å². The second kappa shape index (κ2) is 13.2. The van der Waals surface area contributed by atoms with E-state index in [1.54, 1.807) is 0 Å². The highest BCUT2D eigenvalue weighted by Gasteiger charge is 2.50. The molecule has 0 saturated heterocycles. The molecule has 1 atom stereocenters. The minimum absolute atomic E-state index is 0.205. The summed E-state index contributed by atoms with van der Waals surface area (Å²) in [5.41, 5.74) is -1.15. The maximum atomic E-state index is 14.1. The Morgan fingerprint density at radius 1 is 0.633 bits per heavy atom. The largest absolute Gasteiger partial charge is 0.543 e. The highest BCUT2D eigenvalue weighted by Crippen LogP contribution is 2.32. The van der Waals surface area contributed by atoms with Crippen molar-refractivity contribution in [1.82, 2.24) is 0 Å². The first kappa shape index (κ1) is 26.8. The van der Waals surface area contributed by atoms with Gasteiger partial charge in [0.2, 0.25) is 29.1 Å². The van der Waals surface area contributed by atoms with E-state index >= 15 is 0 Å². The van der Waals surface area contributed by atoms with Crippen LogP contribution in [0.2, 0.25) is 0 Å². The van der Waals surface area contributed by atoms with Gasteiger partial charge in [-0.05, 0) is 12.8 Å². The zero-order valence-electron chi connectivity index (χ0n) is 18.0. The van der Waals surface area contributed by atoms with E-state index in [4.69, 9.17) is 18.0 Å². The molecule has 0 aliphatic carbocycles. The molecule has 10 heteroatoms. The number of unbranched alkanes of at least 4 members (excludes halogenated alkanes) is 7. The van der Waals surface area contributed by atoms with Gasteiger partial charge in [-0.3, -0.25) is 0 Å². The fourth-order valence-electron chi connectivity index (χ4n) is 3.25. The lowest BCUT2D eigenvalue weighted by atomic mass is 10.1. The molecule has 1 rings (SSSR count). The van der Waals surface area contributed by atoms with Crippen LogP contribution in [0.25, 0.3) is 0 Å². The van der Waals surface area contributed by atoms with Gasteiger partial charge < -0.3 is 18.0 Å². The van der Waals surface area contributed by atoms with Gasteiger partial charge in [0.25, 0.3) is 0 Å². The lowest BCUT2D eigenvalue weighted by molar-refractivity contribution is 0.0600. The van der Waals surface area contributed by atoms with E-state index in [1.165, 1.54) is 34.2 Å². The molecule has 0 bridgehead atoms. The van der Waals surface area contributed by atoms with Crippen LogP contribution in [0.4, 0.5) is 22.0 Å². The number of benzene rings is 1. The Hall–Kier alpha value is -1.23. The Labute approximate surface area is 176 Å². The molecule has 0 heterocycles. The summed E-state index contributed by atoms with van der Waals surface area (Å²) >= 11 is 0. The van der Waals surface area contributed by atoms with Gasteiger partial charge in [-0.25, -0.2) is 13.2 Å². The Bertz CT molecular complexity index is 621. The molecule has 30 heavy (non-hydrogen) atoms. The molecule has 0 radical (unpaired) electrons. The van der Waals surface area contributed by atoms with Crippen LogP contribution < -0.4 is 4.74 Å². The molecule has 0 spiro atoms. The van der Waals surface area contributed by atoms with Crippen LogP contribution in [0, 0.1) is 29.1 Å². The molecule has 174 valence electrons. The molecule has 0 saturated carbocycles. The topological polar surface area (TPSA) is 36.9 Å². The Balaban J connectivity index is 2.94. The quantitative estimate of drug-likeness (QED) is 0.105. The van der Waals surface area contributed by atoms with E-state index in [1.807, 2.05) is 0 Å². The Kier molecular flexibility index (Phi) is 11.8. The third-order valence-corrected chi connectivity index (χ3v) is 7.90. The molecule has 1 unspecified atom stereocenters. The SMILES string of the molecule is CCCCCCCCCCC(Oc1c(F)c(F)c(F)c(F)c1F)[Si](OC)(OC)OC. The summed E-state index contributed by atoms with van der Waals surface area (Å²) in [4.78, 5) is 0. The molecular formula is C20H31F5O4Si. The van der Waals surface area contributed by atoms with E-state index in [0.717, 1.165) is 32.1 Å². The van der Waals surface area contributed by atoms with Gasteiger partial charge >= 0.3 is 8.80 Å². The Morgan fingerprint density at radius 3 is 1.47 bits per heavy atom. The summed E-state index contributed by atoms with van der Waals surface area (Å²) in [6, 6.07) is 0. The van der Waals surface area contributed by atoms with Crippen molar-refractivity contribution in [3.8, 4) is 5.75 Å². The number of ether oxygens (including phenoxy) is 1. The summed E-state index contributed by atoms with van der Waals surface area (Å²) in [6.07, 6.45) is 8.28. The van der Waals surface area contributed by atoms with E-state index in [9.17, 15) is 22.0 Å². The molecule has 0 aliphatic heterocycles. The van der Waals surface area contributed by atoms with Crippen LogP contribution in [-0.2, 0) is 13.3 Å². The van der Waals surface area contributed by atoms with Crippen molar-refractivity contribution < 1.29 is 40.0 Å². The summed E-state index contributed by atoms with van der Waals surface area (Å²) in [5.74, 6) is -11.8. The van der Waals surface area contributed by atoms with Crippen molar-refractivity contribution in [2.45, 2.75) is 70.4 Å². The smallest absolute Gasteiger partial charge is 0.480 e. The third kappa shape index (κ3) is 6.63. The fourth-order valence-corrected chi connectivity index (χ4v) is 5.35. The molecule has 0 aliphatic rings. The van der Waals surface area contributed by atoms with Crippen LogP contribution in [0.5, 0.6) is 5.75 Å². The molecule has 0 fully saturated rings. The number of hydrogen-bond acceptors (Lipinski definition) is 4. The number of hydrogen-bond donors (Lipinski definition) is 0. The fraction of sp³-hybridized carbons (Fsp3) is 0.700. The average molecular weight is 459 g/mol. The van der Waals surface area contributed by atoms with Gasteiger partial charge in [-0.2, -0.15) is 8.78 Å². The maximum Gasteiger partial charge on any atom is 0.543 e. The monoisotopic (exact) mass is 458 g/mol. The van der Waals surface area contributed by atoms with Crippen molar-refractivity contribution in [3.05, 3.63) is 29.1 Å². The van der Waals surface area contributed by atoms with Crippen LogP contribution >= 0.6 is 0 Å². The summed E-state index contributed by atoms with van der Waals surface area (Å²) in [7, 11) is 0.235. The van der Waals surface area contributed by atoms with Crippen molar-refractivity contribution >= 4 is 8.80 Å². The number of halogens is 5. The van der Waals surface area contributed by atoms with Crippen molar-refractivity contribution in [2.75, 3.05) is 21.3 Å². The van der Waals surface area contributed by atoms with Gasteiger partial charge in [0, 0.05) is 21.3 Å². The molecule has 0 N–H and O–H groups in total. The van der Waals surface area contributed by atoms with E-state index in [-0.39, 0.29) is 6.42 Å². The first-order chi connectivity index (χ1) is 14.3. The Morgan fingerprint density at radius 2 is 1.03 bits per heavy atom. The number of rotatable bonds is 15. The van der Waals surface area contributed by atoms with Gasteiger partial charge in [0.15, 0.2) is 11.5 Å². The van der Waals surface area contributed by atoms with Gasteiger partial charge in [-0.1, -0.05) is 51.9 Å². The average Bonchev–Trinajstić information content (AvgIpc) is 2.76. The second-order valence-corrected chi connectivity index (χ2v) is 10.1. The normalized spacial score (nSPS) is 13.0. The highest BCUT2D eigenvalue weighted by molar-refractivity contribution is 6.62. The molecule has 1 aromatic carbocycles. The standard InChI is InChI=1S/C20H31F5O4Si/c1-5-6-7-8-9-10-11-12-13-14(30(26-2,27-3)28-4)29-20-18(24)16(22)15(21)17(23)19(20)25/h14H,5-13H2,1-4H3. The first-order valence-electron chi connectivity index (χ1n) is 10.1. The zero-order chi connectivity index (χ0) is 22.7. The molecular weight excluding hydrogens is 427 g/mol. The van der Waals surface area contributed by atoms with E-state index < -0.39 is 49.4 Å². The van der Waals surface area contributed by atoms with Crippen molar-refractivity contribution in [2.24, 2.45) is 0 Å². The van der Waals surface area contributed by atoms with Crippen LogP contribution in [0.15, 0.2) is 0 Å². The van der Waals surface area contributed by atoms with E-state index in [0.29, 0.717) is 6.42 Å². The van der Waals surface area contributed by atoms with Gasteiger partial charge in [0.05, 0.1) is 0 Å². The molecule has 0 aromatic heterocycles. The highest BCUT2D eigenvalue weighted by atomic mass is 28.4. The van der Waals surface area contributed by atoms with Gasteiger partial charge in [-0.15, -0.1) is 0 Å². The molecule has 4 nitrogen and oxygen atoms in total. The third-order valence-electron chi connectivity index (χ3n) is 5.00. The van der Waals surface area contributed by atoms with Gasteiger partial charge in [0.1, 0.15) is 0 Å². The minimum atomic E-state index is -3.60. The van der Waals surface area contributed by atoms with E-state index in [2.05, 4.69) is 6.92 Å². The summed E-state index contributed by atoms with van der Waals surface area (Å²) < 4.78 is 89.9. The molecule has 0 amide bonds.